The van der Waals surface area contributed by atoms with Gasteiger partial charge in [0.2, 0.25) is 5.95 Å². The van der Waals surface area contributed by atoms with Crippen molar-refractivity contribution in [2.45, 2.75) is 50.6 Å². The average Bonchev–Trinajstić information content (AvgIpc) is 3.77. The molecule has 2 aliphatic carbocycles. The van der Waals surface area contributed by atoms with E-state index in [1.54, 1.807) is 6.20 Å². The largest absolute Gasteiger partial charge is 0.324 e. The van der Waals surface area contributed by atoms with Gasteiger partial charge in [0.1, 0.15) is 5.39 Å². The molecule has 1 aromatic carbocycles. The van der Waals surface area contributed by atoms with Crippen molar-refractivity contribution in [2.75, 3.05) is 11.9 Å². The molecule has 7 rings (SSSR count). The second-order valence-electron chi connectivity index (χ2n) is 9.37. The summed E-state index contributed by atoms with van der Waals surface area (Å²) in [5.74, 6) is 1.04. The van der Waals surface area contributed by atoms with Crippen molar-refractivity contribution in [3.05, 3.63) is 69.9 Å². The molecule has 0 radical (unpaired) electrons. The van der Waals surface area contributed by atoms with E-state index in [4.69, 9.17) is 4.98 Å². The Hall–Kier alpha value is -3.52. The normalized spacial score (nSPS) is 17.8. The first-order valence-corrected chi connectivity index (χ1v) is 11.8. The van der Waals surface area contributed by atoms with Crippen molar-refractivity contribution in [3.63, 3.8) is 0 Å². The van der Waals surface area contributed by atoms with Crippen LogP contribution in [0.25, 0.3) is 16.7 Å². The third-order valence-electron chi connectivity index (χ3n) is 6.87. The highest BCUT2D eigenvalue weighted by molar-refractivity contribution is 5.77. The van der Waals surface area contributed by atoms with Gasteiger partial charge in [-0.2, -0.15) is 4.98 Å². The molecule has 2 fully saturated rings. The van der Waals surface area contributed by atoms with E-state index in [2.05, 4.69) is 44.9 Å². The van der Waals surface area contributed by atoms with Gasteiger partial charge in [0.25, 0.3) is 5.56 Å². The molecule has 0 unspecified atom stereocenters. The third kappa shape index (κ3) is 3.33. The summed E-state index contributed by atoms with van der Waals surface area (Å²) in [6.07, 6.45) is 8.92. The van der Waals surface area contributed by atoms with Crippen LogP contribution in [0.3, 0.4) is 0 Å². The number of hydrogen-bond donors (Lipinski definition) is 2. The first-order valence-electron chi connectivity index (χ1n) is 11.8. The predicted octanol–water partition coefficient (Wildman–Crippen LogP) is 3.58. The maximum absolute atomic E-state index is 13.3. The number of hydrogen-bond acceptors (Lipinski definition) is 6. The van der Waals surface area contributed by atoms with Crippen LogP contribution in [0.2, 0.25) is 0 Å². The van der Waals surface area contributed by atoms with E-state index in [1.165, 1.54) is 24.0 Å². The number of pyridine rings is 1. The molecule has 0 spiro atoms. The lowest BCUT2D eigenvalue weighted by Gasteiger charge is -2.18. The first-order chi connectivity index (χ1) is 16.2. The van der Waals surface area contributed by atoms with Crippen LogP contribution < -0.4 is 16.2 Å². The minimum Gasteiger partial charge on any atom is -0.324 e. The summed E-state index contributed by atoms with van der Waals surface area (Å²) < 4.78 is 3.84. The van der Waals surface area contributed by atoms with Gasteiger partial charge in [0.15, 0.2) is 5.65 Å². The zero-order chi connectivity index (χ0) is 21.9. The number of fused-ring (bicyclic) bond motifs is 2. The number of nitrogens with one attached hydrogen (secondary N) is 2. The van der Waals surface area contributed by atoms with Crippen molar-refractivity contribution in [1.29, 1.82) is 0 Å². The van der Waals surface area contributed by atoms with E-state index in [1.807, 2.05) is 21.6 Å². The SMILES string of the molecule is O=c1c2cnc(Nc3ccc4c(c3)CCNC4)nc2n(-c2ccnc(C3CC3)c2)n1C1CC1. The minimum absolute atomic E-state index is 0.0230. The Morgan fingerprint density at radius 2 is 1.94 bits per heavy atom. The van der Waals surface area contributed by atoms with E-state index < -0.39 is 0 Å². The second-order valence-corrected chi connectivity index (χ2v) is 9.37. The van der Waals surface area contributed by atoms with Gasteiger partial charge in [-0.1, -0.05) is 6.07 Å². The van der Waals surface area contributed by atoms with Crippen molar-refractivity contribution in [1.82, 2.24) is 29.6 Å². The van der Waals surface area contributed by atoms with Crippen LogP contribution in [0, 0.1) is 0 Å². The Balaban J connectivity index is 1.33. The summed E-state index contributed by atoms with van der Waals surface area (Å²) >= 11 is 0. The van der Waals surface area contributed by atoms with Crippen LogP contribution in [0.1, 0.15) is 54.5 Å². The highest BCUT2D eigenvalue weighted by atomic mass is 16.1. The summed E-state index contributed by atoms with van der Waals surface area (Å²) in [6.45, 7) is 1.91. The molecule has 166 valence electrons. The van der Waals surface area contributed by atoms with Crippen LogP contribution in [0.4, 0.5) is 11.6 Å². The number of rotatable bonds is 5. The van der Waals surface area contributed by atoms with Crippen LogP contribution in [0.5, 0.6) is 0 Å². The second kappa shape index (κ2) is 7.25. The average molecular weight is 440 g/mol. The van der Waals surface area contributed by atoms with Crippen molar-refractivity contribution in [2.24, 2.45) is 0 Å². The molecular weight excluding hydrogens is 414 g/mol. The van der Waals surface area contributed by atoms with E-state index in [0.29, 0.717) is 22.9 Å². The molecule has 0 amide bonds. The van der Waals surface area contributed by atoms with E-state index >= 15 is 0 Å². The zero-order valence-electron chi connectivity index (χ0n) is 18.3. The lowest BCUT2D eigenvalue weighted by atomic mass is 10.0. The van der Waals surface area contributed by atoms with Crippen molar-refractivity contribution in [3.8, 4) is 5.69 Å². The van der Waals surface area contributed by atoms with Gasteiger partial charge in [-0.05, 0) is 74.0 Å². The van der Waals surface area contributed by atoms with Gasteiger partial charge >= 0.3 is 0 Å². The van der Waals surface area contributed by atoms with Crippen LogP contribution >= 0.6 is 0 Å². The Bertz CT molecular complexity index is 1450. The fourth-order valence-electron chi connectivity index (χ4n) is 4.81. The summed E-state index contributed by atoms with van der Waals surface area (Å²) in [6, 6.07) is 10.7. The summed E-state index contributed by atoms with van der Waals surface area (Å²) in [5.41, 5.74) is 6.30. The molecule has 8 nitrogen and oxygen atoms in total. The molecule has 0 atom stereocenters. The van der Waals surface area contributed by atoms with Crippen LogP contribution in [-0.4, -0.2) is 30.9 Å². The molecule has 33 heavy (non-hydrogen) atoms. The quantitative estimate of drug-likeness (QED) is 0.494. The predicted molar refractivity (Wildman–Crippen MR) is 126 cm³/mol. The fraction of sp³-hybridized carbons (Fsp3) is 0.360. The molecule has 3 aromatic heterocycles. The van der Waals surface area contributed by atoms with Gasteiger partial charge in [0.05, 0.1) is 11.7 Å². The molecule has 2 N–H and O–H groups in total. The Labute approximate surface area is 190 Å². The summed E-state index contributed by atoms with van der Waals surface area (Å²) in [5, 5.41) is 7.31. The van der Waals surface area contributed by atoms with E-state index in [9.17, 15) is 4.79 Å². The summed E-state index contributed by atoms with van der Waals surface area (Å²) in [7, 11) is 0. The molecular formula is C25H25N7O. The zero-order valence-corrected chi connectivity index (χ0v) is 18.3. The maximum atomic E-state index is 13.3. The Morgan fingerprint density at radius 3 is 2.79 bits per heavy atom. The van der Waals surface area contributed by atoms with Crippen molar-refractivity contribution < 1.29 is 0 Å². The fourth-order valence-corrected chi connectivity index (χ4v) is 4.81. The van der Waals surface area contributed by atoms with Crippen molar-refractivity contribution >= 4 is 22.7 Å². The molecule has 4 aromatic rings. The van der Waals surface area contributed by atoms with Crippen LogP contribution in [0.15, 0.2) is 47.5 Å². The van der Waals surface area contributed by atoms with E-state index in [-0.39, 0.29) is 11.6 Å². The van der Waals surface area contributed by atoms with Gasteiger partial charge in [0, 0.05) is 36.2 Å². The summed E-state index contributed by atoms with van der Waals surface area (Å²) in [4.78, 5) is 27.2. The van der Waals surface area contributed by atoms with Gasteiger partial charge in [-0.15, -0.1) is 0 Å². The molecule has 1 aliphatic heterocycles. The topological polar surface area (TPSA) is 89.7 Å². The molecule has 0 bridgehead atoms. The van der Waals surface area contributed by atoms with Gasteiger partial charge in [-0.3, -0.25) is 9.78 Å². The Morgan fingerprint density at radius 1 is 1.03 bits per heavy atom. The Kier molecular flexibility index (Phi) is 4.17. The van der Waals surface area contributed by atoms with Gasteiger partial charge < -0.3 is 10.6 Å². The lowest BCUT2D eigenvalue weighted by Crippen LogP contribution is -2.23. The van der Waals surface area contributed by atoms with Crippen LogP contribution in [-0.2, 0) is 13.0 Å². The highest BCUT2D eigenvalue weighted by Gasteiger charge is 2.31. The molecule has 8 heteroatoms. The molecule has 0 saturated heterocycles. The molecule has 4 heterocycles. The van der Waals surface area contributed by atoms with E-state index in [0.717, 1.165) is 49.4 Å². The standard InChI is InChI=1S/C25H25N7O/c33-24-21-14-28-25(29-18-4-3-17-13-26-9-7-16(17)11-18)30-23(21)31(32(24)19-5-6-19)20-8-10-27-22(12-20)15-1-2-15/h3-4,8,10-12,14-15,19,26H,1-2,5-7,9,13H2,(H,28,29,30). The minimum atomic E-state index is -0.0230. The van der Waals surface area contributed by atoms with Gasteiger partial charge in [-0.25, -0.2) is 14.3 Å². The molecule has 2 saturated carbocycles. The number of anilines is 2. The third-order valence-corrected chi connectivity index (χ3v) is 6.87. The smallest absolute Gasteiger partial charge is 0.278 e. The lowest BCUT2D eigenvalue weighted by molar-refractivity contribution is 0.559. The molecule has 3 aliphatic rings. The number of aromatic nitrogens is 5. The maximum Gasteiger partial charge on any atom is 0.278 e. The number of benzene rings is 1. The first kappa shape index (κ1) is 19.0. The highest BCUT2D eigenvalue weighted by Crippen LogP contribution is 2.40. The monoisotopic (exact) mass is 439 g/mol. The number of nitrogens with zero attached hydrogens (tertiary/aromatic N) is 5.